The zero-order chi connectivity index (χ0) is 13.8. The molecule has 102 valence electrons. The van der Waals surface area contributed by atoms with Crippen molar-refractivity contribution in [3.8, 4) is 0 Å². The largest absolute Gasteiger partial charge is 0.321 e. The Bertz CT molecular complexity index is 381. The molecule has 0 aliphatic rings. The van der Waals surface area contributed by atoms with E-state index in [0.717, 1.165) is 31.2 Å². The molecule has 0 aromatic heterocycles. The van der Waals surface area contributed by atoms with Crippen LogP contribution in [0.5, 0.6) is 0 Å². The van der Waals surface area contributed by atoms with E-state index < -0.39 is 5.54 Å². The number of hydrogen-bond acceptors (Lipinski definition) is 1. The molecule has 2 heteroatoms. The molecule has 0 heterocycles. The van der Waals surface area contributed by atoms with Crippen LogP contribution in [0.1, 0.15) is 58.9 Å². The maximum Gasteiger partial charge on any atom is 0.123 e. The Kier molecular flexibility index (Phi) is 4.92. The van der Waals surface area contributed by atoms with Crippen molar-refractivity contribution in [2.75, 3.05) is 0 Å². The summed E-state index contributed by atoms with van der Waals surface area (Å²) in [4.78, 5) is 0. The van der Waals surface area contributed by atoms with Gasteiger partial charge in [0.2, 0.25) is 0 Å². The number of halogens is 1. The van der Waals surface area contributed by atoms with Crippen LogP contribution in [-0.2, 0) is 5.54 Å². The van der Waals surface area contributed by atoms with Gasteiger partial charge in [-0.25, -0.2) is 4.39 Å². The predicted octanol–water partition coefficient (Wildman–Crippen LogP) is 4.61. The van der Waals surface area contributed by atoms with Gasteiger partial charge >= 0.3 is 0 Å². The van der Waals surface area contributed by atoms with Gasteiger partial charge in [-0.1, -0.05) is 46.2 Å². The van der Waals surface area contributed by atoms with Crippen molar-refractivity contribution in [1.29, 1.82) is 0 Å². The molecule has 1 aromatic rings. The van der Waals surface area contributed by atoms with Gasteiger partial charge in [0, 0.05) is 5.54 Å². The lowest BCUT2D eigenvalue weighted by atomic mass is 9.80. The highest BCUT2D eigenvalue weighted by atomic mass is 19.1. The number of hydrogen-bond donors (Lipinski definition) is 1. The zero-order valence-electron chi connectivity index (χ0n) is 12.1. The molecule has 0 amide bonds. The molecule has 1 unspecified atom stereocenters. The minimum absolute atomic E-state index is 0.202. The zero-order valence-corrected chi connectivity index (χ0v) is 12.1. The van der Waals surface area contributed by atoms with E-state index in [9.17, 15) is 4.39 Å². The quantitative estimate of drug-likeness (QED) is 0.812. The van der Waals surface area contributed by atoms with Crippen LogP contribution in [0.4, 0.5) is 4.39 Å². The predicted molar refractivity (Wildman–Crippen MR) is 75.9 cm³/mol. The van der Waals surface area contributed by atoms with E-state index in [1.54, 1.807) is 12.1 Å². The summed E-state index contributed by atoms with van der Waals surface area (Å²) in [5, 5.41) is 0. The standard InChI is InChI=1S/C16H26FN/c1-5-16(18,11-7-10-15(2,3)4)13-8-6-9-14(17)12-13/h6,8-9,12H,5,7,10-11,18H2,1-4H3. The summed E-state index contributed by atoms with van der Waals surface area (Å²) in [6.45, 7) is 8.78. The molecule has 0 radical (unpaired) electrons. The molecule has 0 bridgehead atoms. The lowest BCUT2D eigenvalue weighted by Crippen LogP contribution is -2.36. The second kappa shape index (κ2) is 5.83. The summed E-state index contributed by atoms with van der Waals surface area (Å²) in [6.07, 6.45) is 3.95. The normalized spacial score (nSPS) is 15.4. The highest BCUT2D eigenvalue weighted by Crippen LogP contribution is 2.31. The van der Waals surface area contributed by atoms with Crippen molar-refractivity contribution >= 4 is 0 Å². The molecule has 0 saturated carbocycles. The van der Waals surface area contributed by atoms with Gasteiger partial charge < -0.3 is 5.73 Å². The molecule has 1 aromatic carbocycles. The first-order chi connectivity index (χ1) is 8.27. The fourth-order valence-corrected chi connectivity index (χ4v) is 2.26. The van der Waals surface area contributed by atoms with Gasteiger partial charge in [-0.2, -0.15) is 0 Å². The highest BCUT2D eigenvalue weighted by molar-refractivity contribution is 5.24. The van der Waals surface area contributed by atoms with Gasteiger partial charge in [0.15, 0.2) is 0 Å². The Labute approximate surface area is 111 Å². The summed E-state index contributed by atoms with van der Waals surface area (Å²) in [5.74, 6) is -0.202. The molecule has 0 spiro atoms. The Hall–Kier alpha value is -0.890. The summed E-state index contributed by atoms with van der Waals surface area (Å²) < 4.78 is 13.3. The lowest BCUT2D eigenvalue weighted by molar-refractivity contribution is 0.311. The number of benzene rings is 1. The van der Waals surface area contributed by atoms with Crippen molar-refractivity contribution in [1.82, 2.24) is 0 Å². The minimum atomic E-state index is -0.395. The Morgan fingerprint density at radius 2 is 1.83 bits per heavy atom. The molecule has 1 nitrogen and oxygen atoms in total. The van der Waals surface area contributed by atoms with Crippen molar-refractivity contribution in [3.63, 3.8) is 0 Å². The molecular weight excluding hydrogens is 225 g/mol. The molecule has 18 heavy (non-hydrogen) atoms. The summed E-state index contributed by atoms with van der Waals surface area (Å²) >= 11 is 0. The number of nitrogens with two attached hydrogens (primary N) is 1. The van der Waals surface area contributed by atoms with Crippen molar-refractivity contribution < 1.29 is 4.39 Å². The second-order valence-corrected chi connectivity index (χ2v) is 6.43. The van der Waals surface area contributed by atoms with Crippen LogP contribution in [0.2, 0.25) is 0 Å². The third-order valence-electron chi connectivity index (χ3n) is 3.58. The van der Waals surface area contributed by atoms with E-state index in [4.69, 9.17) is 5.73 Å². The van der Waals surface area contributed by atoms with E-state index in [-0.39, 0.29) is 5.82 Å². The van der Waals surface area contributed by atoms with Crippen molar-refractivity contribution in [3.05, 3.63) is 35.6 Å². The van der Waals surface area contributed by atoms with E-state index in [1.807, 2.05) is 6.07 Å². The fourth-order valence-electron chi connectivity index (χ4n) is 2.26. The van der Waals surface area contributed by atoms with E-state index >= 15 is 0 Å². The van der Waals surface area contributed by atoms with Crippen LogP contribution in [0.25, 0.3) is 0 Å². The molecule has 0 aliphatic heterocycles. The maximum absolute atomic E-state index is 13.3. The van der Waals surface area contributed by atoms with Gasteiger partial charge in [-0.15, -0.1) is 0 Å². The van der Waals surface area contributed by atoms with Gasteiger partial charge in [0.25, 0.3) is 0 Å². The maximum atomic E-state index is 13.3. The molecule has 0 fully saturated rings. The average Bonchev–Trinajstić information content (AvgIpc) is 2.27. The average molecular weight is 251 g/mol. The number of rotatable bonds is 5. The summed E-state index contributed by atoms with van der Waals surface area (Å²) in [5.41, 5.74) is 7.30. The molecule has 1 atom stereocenters. The Morgan fingerprint density at radius 3 is 2.33 bits per heavy atom. The monoisotopic (exact) mass is 251 g/mol. The summed E-state index contributed by atoms with van der Waals surface area (Å²) in [7, 11) is 0. The van der Waals surface area contributed by atoms with Gasteiger partial charge in [0.1, 0.15) is 5.82 Å². The lowest BCUT2D eigenvalue weighted by Gasteiger charge is -2.30. The van der Waals surface area contributed by atoms with Crippen molar-refractivity contribution in [2.45, 2.75) is 58.9 Å². The minimum Gasteiger partial charge on any atom is -0.321 e. The molecule has 1 rings (SSSR count). The molecular formula is C16H26FN. The first-order valence-corrected chi connectivity index (χ1v) is 6.82. The van der Waals surface area contributed by atoms with Crippen LogP contribution in [0.15, 0.2) is 24.3 Å². The van der Waals surface area contributed by atoms with E-state index in [1.165, 1.54) is 6.07 Å². The van der Waals surface area contributed by atoms with E-state index in [2.05, 4.69) is 27.7 Å². The molecule has 0 saturated heterocycles. The fraction of sp³-hybridized carbons (Fsp3) is 0.625. The van der Waals surface area contributed by atoms with E-state index in [0.29, 0.717) is 5.41 Å². The summed E-state index contributed by atoms with van der Waals surface area (Å²) in [6, 6.07) is 6.71. The molecule has 0 aliphatic carbocycles. The van der Waals surface area contributed by atoms with Gasteiger partial charge in [-0.3, -0.25) is 0 Å². The topological polar surface area (TPSA) is 26.0 Å². The van der Waals surface area contributed by atoms with Crippen LogP contribution in [-0.4, -0.2) is 0 Å². The Balaban J connectivity index is 2.73. The van der Waals surface area contributed by atoms with Crippen LogP contribution >= 0.6 is 0 Å². The second-order valence-electron chi connectivity index (χ2n) is 6.43. The van der Waals surface area contributed by atoms with Crippen LogP contribution in [0.3, 0.4) is 0 Å². The SMILES string of the molecule is CCC(N)(CCCC(C)(C)C)c1cccc(F)c1. The first kappa shape index (κ1) is 15.2. The van der Waals surface area contributed by atoms with Crippen molar-refractivity contribution in [2.24, 2.45) is 11.1 Å². The third kappa shape index (κ3) is 4.41. The van der Waals surface area contributed by atoms with Crippen LogP contribution < -0.4 is 5.73 Å². The Morgan fingerprint density at radius 1 is 1.17 bits per heavy atom. The van der Waals surface area contributed by atoms with Crippen LogP contribution in [0, 0.1) is 11.2 Å². The smallest absolute Gasteiger partial charge is 0.123 e. The molecule has 2 N–H and O–H groups in total. The first-order valence-electron chi connectivity index (χ1n) is 6.82. The van der Waals surface area contributed by atoms with Gasteiger partial charge in [0.05, 0.1) is 0 Å². The van der Waals surface area contributed by atoms with Gasteiger partial charge in [-0.05, 0) is 42.4 Å². The highest BCUT2D eigenvalue weighted by Gasteiger charge is 2.25. The third-order valence-corrected chi connectivity index (χ3v) is 3.58.